The first-order valence-corrected chi connectivity index (χ1v) is 3.86. The van der Waals surface area contributed by atoms with Gasteiger partial charge in [-0.2, -0.15) is 0 Å². The van der Waals surface area contributed by atoms with E-state index in [1.165, 1.54) is 0 Å². The second-order valence-corrected chi connectivity index (χ2v) is 2.39. The molecule has 60 valence electrons. The van der Waals surface area contributed by atoms with Crippen molar-refractivity contribution in [2.45, 2.75) is 19.3 Å². The number of hydrogen-bond donors (Lipinski definition) is 0. The van der Waals surface area contributed by atoms with Crippen LogP contribution in [0, 0.1) is 0 Å². The molecule has 0 aromatic carbocycles. The van der Waals surface area contributed by atoms with Crippen LogP contribution >= 0.6 is 0 Å². The highest BCUT2D eigenvalue weighted by Gasteiger charge is 1.96. The van der Waals surface area contributed by atoms with Crippen LogP contribution in [-0.2, 0) is 9.53 Å². The topological polar surface area (TPSA) is 26.3 Å². The summed E-state index contributed by atoms with van der Waals surface area (Å²) in [6, 6.07) is 0. The Morgan fingerprint density at radius 2 is 2.45 bits per heavy atom. The number of ether oxygens (including phenoxy) is 1. The highest BCUT2D eigenvalue weighted by atomic mass is 16.5. The van der Waals surface area contributed by atoms with Crippen LogP contribution in [0.15, 0.2) is 24.0 Å². The molecule has 1 aliphatic carbocycles. The van der Waals surface area contributed by atoms with Gasteiger partial charge in [-0.3, -0.25) is 0 Å². The van der Waals surface area contributed by atoms with Crippen LogP contribution in [0.3, 0.4) is 0 Å². The Kier molecular flexibility index (Phi) is 3.45. The first-order chi connectivity index (χ1) is 5.43. The molecule has 0 aromatic heterocycles. The van der Waals surface area contributed by atoms with E-state index < -0.39 is 0 Å². The predicted octanol–water partition coefficient (Wildman–Crippen LogP) is 1.83. The van der Waals surface area contributed by atoms with Crippen LogP contribution < -0.4 is 0 Å². The summed E-state index contributed by atoms with van der Waals surface area (Å²) in [5, 5.41) is 0. The van der Waals surface area contributed by atoms with Crippen LogP contribution in [0.1, 0.15) is 19.3 Å². The number of carbonyl (C=O) groups is 1. The summed E-state index contributed by atoms with van der Waals surface area (Å²) in [5.41, 5.74) is 0. The smallest absolute Gasteiger partial charge is 0.123 e. The lowest BCUT2D eigenvalue weighted by Crippen LogP contribution is -1.95. The van der Waals surface area contributed by atoms with E-state index in [9.17, 15) is 4.79 Å². The molecule has 0 aliphatic heterocycles. The zero-order valence-corrected chi connectivity index (χ0v) is 6.45. The molecule has 0 atom stereocenters. The average molecular weight is 152 g/mol. The van der Waals surface area contributed by atoms with E-state index in [1.807, 2.05) is 12.2 Å². The molecule has 0 N–H and O–H groups in total. The Morgan fingerprint density at radius 1 is 1.55 bits per heavy atom. The summed E-state index contributed by atoms with van der Waals surface area (Å²) < 4.78 is 5.27. The van der Waals surface area contributed by atoms with Crippen LogP contribution in [0.4, 0.5) is 0 Å². The Labute approximate surface area is 66.5 Å². The molecule has 1 aliphatic rings. The molecule has 0 saturated heterocycles. The third-order valence-corrected chi connectivity index (χ3v) is 1.47. The summed E-state index contributed by atoms with van der Waals surface area (Å²) in [4.78, 5) is 9.93. The Bertz CT molecular complexity index is 180. The quantitative estimate of drug-likeness (QED) is 0.453. The van der Waals surface area contributed by atoms with Gasteiger partial charge in [-0.05, 0) is 25.0 Å². The van der Waals surface area contributed by atoms with Crippen molar-refractivity contribution < 1.29 is 9.53 Å². The number of allylic oxidation sites excluding steroid dienone is 3. The molecule has 0 fully saturated rings. The molecular weight excluding hydrogens is 140 g/mol. The maximum atomic E-state index is 9.93. The molecule has 0 amide bonds. The number of aldehydes is 1. The van der Waals surface area contributed by atoms with Gasteiger partial charge in [-0.25, -0.2) is 0 Å². The van der Waals surface area contributed by atoms with Gasteiger partial charge >= 0.3 is 0 Å². The third-order valence-electron chi connectivity index (χ3n) is 1.47. The lowest BCUT2D eigenvalue weighted by molar-refractivity contribution is -0.108. The van der Waals surface area contributed by atoms with Crippen molar-refractivity contribution in [1.29, 1.82) is 0 Å². The maximum absolute atomic E-state index is 9.93. The van der Waals surface area contributed by atoms with Crippen molar-refractivity contribution in [3.63, 3.8) is 0 Å². The third kappa shape index (κ3) is 3.03. The molecule has 0 bridgehead atoms. The van der Waals surface area contributed by atoms with Gasteiger partial charge < -0.3 is 9.53 Å². The monoisotopic (exact) mass is 152 g/mol. The maximum Gasteiger partial charge on any atom is 0.123 e. The highest BCUT2D eigenvalue weighted by molar-refractivity contribution is 5.49. The minimum atomic E-state index is 0.477. The molecule has 0 aromatic rings. The number of carbonyl (C=O) groups excluding carboxylic acids is 1. The lowest BCUT2D eigenvalue weighted by atomic mass is 10.2. The molecule has 1 rings (SSSR count). The summed E-state index contributed by atoms with van der Waals surface area (Å²) >= 11 is 0. The zero-order chi connectivity index (χ0) is 7.94. The van der Waals surface area contributed by atoms with Gasteiger partial charge in [0.05, 0.1) is 6.61 Å². The fourth-order valence-electron chi connectivity index (χ4n) is 0.921. The van der Waals surface area contributed by atoms with Crippen molar-refractivity contribution in [2.75, 3.05) is 6.61 Å². The van der Waals surface area contributed by atoms with Gasteiger partial charge in [-0.15, -0.1) is 0 Å². The van der Waals surface area contributed by atoms with Crippen LogP contribution in [0.25, 0.3) is 0 Å². The minimum Gasteiger partial charge on any atom is -0.493 e. The van der Waals surface area contributed by atoms with Crippen molar-refractivity contribution in [1.82, 2.24) is 0 Å². The van der Waals surface area contributed by atoms with Crippen LogP contribution in [-0.4, -0.2) is 12.9 Å². The van der Waals surface area contributed by atoms with E-state index in [0.717, 1.165) is 24.9 Å². The van der Waals surface area contributed by atoms with Gasteiger partial charge in [-0.1, -0.05) is 6.08 Å². The fraction of sp³-hybridized carbons (Fsp3) is 0.444. The predicted molar refractivity (Wildman–Crippen MR) is 43.1 cm³/mol. The average Bonchev–Trinajstić information content (AvgIpc) is 2.07. The van der Waals surface area contributed by atoms with Gasteiger partial charge in [0.1, 0.15) is 12.0 Å². The number of rotatable bonds is 4. The molecule has 11 heavy (non-hydrogen) atoms. The Morgan fingerprint density at radius 3 is 3.09 bits per heavy atom. The summed E-state index contributed by atoms with van der Waals surface area (Å²) in [6.07, 6.45) is 9.57. The van der Waals surface area contributed by atoms with E-state index in [4.69, 9.17) is 4.74 Å². The van der Waals surface area contributed by atoms with E-state index >= 15 is 0 Å². The summed E-state index contributed by atoms with van der Waals surface area (Å²) in [7, 11) is 0. The van der Waals surface area contributed by atoms with E-state index in [2.05, 4.69) is 6.08 Å². The minimum absolute atomic E-state index is 0.477. The second kappa shape index (κ2) is 4.72. The molecule has 0 radical (unpaired) electrons. The Balaban J connectivity index is 2.20. The second-order valence-electron chi connectivity index (χ2n) is 2.39. The molecule has 0 saturated carbocycles. The molecule has 2 nitrogen and oxygen atoms in total. The molecular formula is C9H12O2. The zero-order valence-electron chi connectivity index (χ0n) is 6.45. The first kappa shape index (κ1) is 8.05. The summed E-state index contributed by atoms with van der Waals surface area (Å²) in [5.74, 6) is 0.901. The van der Waals surface area contributed by atoms with Crippen molar-refractivity contribution in [2.24, 2.45) is 0 Å². The van der Waals surface area contributed by atoms with Gasteiger partial charge in [0.25, 0.3) is 0 Å². The lowest BCUT2D eigenvalue weighted by Gasteiger charge is -2.07. The van der Waals surface area contributed by atoms with Crippen LogP contribution in [0.2, 0.25) is 0 Å². The normalized spacial score (nSPS) is 15.8. The van der Waals surface area contributed by atoms with Crippen molar-refractivity contribution >= 4 is 6.29 Å². The molecule has 0 unspecified atom stereocenters. The SMILES string of the molecule is O=CCCOC1=CCCC=C1. The Hall–Kier alpha value is -1.05. The summed E-state index contributed by atoms with van der Waals surface area (Å²) in [6.45, 7) is 0.500. The highest BCUT2D eigenvalue weighted by Crippen LogP contribution is 2.10. The van der Waals surface area contributed by atoms with Crippen molar-refractivity contribution in [3.8, 4) is 0 Å². The largest absolute Gasteiger partial charge is 0.493 e. The van der Waals surface area contributed by atoms with Gasteiger partial charge in [0, 0.05) is 6.42 Å². The van der Waals surface area contributed by atoms with E-state index in [1.54, 1.807) is 0 Å². The molecule has 0 heterocycles. The van der Waals surface area contributed by atoms with Crippen LogP contribution in [0.5, 0.6) is 0 Å². The number of hydrogen-bond acceptors (Lipinski definition) is 2. The van der Waals surface area contributed by atoms with Crippen molar-refractivity contribution in [3.05, 3.63) is 24.0 Å². The van der Waals surface area contributed by atoms with Gasteiger partial charge in [0.2, 0.25) is 0 Å². The van der Waals surface area contributed by atoms with E-state index in [-0.39, 0.29) is 0 Å². The van der Waals surface area contributed by atoms with E-state index in [0.29, 0.717) is 13.0 Å². The molecule has 2 heteroatoms. The van der Waals surface area contributed by atoms with Gasteiger partial charge in [0.15, 0.2) is 0 Å². The standard InChI is InChI=1S/C9H12O2/c10-7-4-8-11-9-5-2-1-3-6-9/h2,5-7H,1,3-4,8H2. The molecule has 0 spiro atoms. The fourth-order valence-corrected chi connectivity index (χ4v) is 0.921. The first-order valence-electron chi connectivity index (χ1n) is 3.86.